The molecule has 0 unspecified atom stereocenters. The largest absolute Gasteiger partial charge is 0.451 e. The average Bonchev–Trinajstić information content (AvgIpc) is 2.72. The molecular formula is C21H19F6N5O. The van der Waals surface area contributed by atoms with Gasteiger partial charge in [-0.2, -0.15) is 18.2 Å². The molecule has 4 N–H and O–H groups in total. The molecule has 0 bridgehead atoms. The molecular weight excluding hydrogens is 452 g/mol. The van der Waals surface area contributed by atoms with E-state index in [-0.39, 0.29) is 35.5 Å². The standard InChI is InChI=1S/C21H19F6N5O/c22-13-5-4-12(33-17-14(23)8-11(9-15(17)24)21(25,26)27)10-16(13)32-19(29)30-18(28)31-20(32)6-2-1-3-7-20/h4-5,8-10H,1-3,6-7H2,(H4,28,29,30,31). The summed E-state index contributed by atoms with van der Waals surface area (Å²) in [7, 11) is 0. The molecule has 1 aliphatic carbocycles. The van der Waals surface area contributed by atoms with Gasteiger partial charge < -0.3 is 16.2 Å². The molecule has 33 heavy (non-hydrogen) atoms. The number of halogens is 6. The molecule has 0 amide bonds. The van der Waals surface area contributed by atoms with Crippen LogP contribution < -0.4 is 21.1 Å². The summed E-state index contributed by atoms with van der Waals surface area (Å²) in [4.78, 5) is 9.70. The summed E-state index contributed by atoms with van der Waals surface area (Å²) in [5.74, 6) is -5.32. The molecule has 1 aliphatic heterocycles. The third kappa shape index (κ3) is 4.29. The molecule has 2 aromatic carbocycles. The summed E-state index contributed by atoms with van der Waals surface area (Å²) < 4.78 is 86.9. The van der Waals surface area contributed by atoms with E-state index in [1.807, 2.05) is 0 Å². The lowest BCUT2D eigenvalue weighted by Gasteiger charge is -2.45. The molecule has 0 saturated heterocycles. The van der Waals surface area contributed by atoms with Crippen molar-refractivity contribution in [2.75, 3.05) is 4.90 Å². The van der Waals surface area contributed by atoms with Crippen LogP contribution in [0.25, 0.3) is 0 Å². The highest BCUT2D eigenvalue weighted by Crippen LogP contribution is 2.42. The van der Waals surface area contributed by atoms with E-state index in [9.17, 15) is 26.3 Å². The van der Waals surface area contributed by atoms with Crippen LogP contribution in [0.3, 0.4) is 0 Å². The van der Waals surface area contributed by atoms with Crippen molar-refractivity contribution in [1.82, 2.24) is 0 Å². The van der Waals surface area contributed by atoms with E-state index >= 15 is 0 Å². The Labute approximate surface area is 184 Å². The zero-order valence-corrected chi connectivity index (χ0v) is 17.1. The number of hydrogen-bond donors (Lipinski definition) is 2. The molecule has 12 heteroatoms. The number of ether oxygens (including phenoxy) is 1. The van der Waals surface area contributed by atoms with Crippen LogP contribution in [-0.4, -0.2) is 17.6 Å². The summed E-state index contributed by atoms with van der Waals surface area (Å²) in [5.41, 5.74) is 9.24. The van der Waals surface area contributed by atoms with Crippen molar-refractivity contribution in [3.63, 3.8) is 0 Å². The molecule has 1 saturated carbocycles. The smallest absolute Gasteiger partial charge is 0.416 e. The Morgan fingerprint density at radius 2 is 1.55 bits per heavy atom. The molecule has 0 atom stereocenters. The molecule has 1 fully saturated rings. The Kier molecular flexibility index (Phi) is 5.62. The number of guanidine groups is 2. The Balaban J connectivity index is 1.73. The SMILES string of the molecule is NC1=NC2(CCCCC2)N(c2cc(Oc3c(F)cc(C(F)(F)F)cc3F)ccc2F)C(N)=N1. The van der Waals surface area contributed by atoms with Gasteiger partial charge in [-0.1, -0.05) is 6.42 Å². The van der Waals surface area contributed by atoms with Crippen molar-refractivity contribution in [3.8, 4) is 11.5 Å². The number of anilines is 1. The average molecular weight is 471 g/mol. The summed E-state index contributed by atoms with van der Waals surface area (Å²) in [5, 5.41) is 0. The molecule has 176 valence electrons. The highest BCUT2D eigenvalue weighted by atomic mass is 19.4. The monoisotopic (exact) mass is 471 g/mol. The quantitative estimate of drug-likeness (QED) is 0.615. The Morgan fingerprint density at radius 3 is 2.15 bits per heavy atom. The van der Waals surface area contributed by atoms with Crippen LogP contribution in [0.4, 0.5) is 32.0 Å². The first kappa shape index (κ1) is 22.7. The van der Waals surface area contributed by atoms with Gasteiger partial charge in [0.15, 0.2) is 17.4 Å². The first-order chi connectivity index (χ1) is 15.5. The zero-order valence-electron chi connectivity index (χ0n) is 17.1. The zero-order chi connectivity index (χ0) is 24.0. The lowest BCUT2D eigenvalue weighted by atomic mass is 9.87. The number of benzene rings is 2. The van der Waals surface area contributed by atoms with Gasteiger partial charge in [0.2, 0.25) is 11.9 Å². The maximum atomic E-state index is 14.9. The van der Waals surface area contributed by atoms with Crippen LogP contribution in [0, 0.1) is 17.5 Å². The highest BCUT2D eigenvalue weighted by Gasteiger charge is 2.43. The number of nitrogens with two attached hydrogens (primary N) is 2. The Morgan fingerprint density at radius 1 is 0.909 bits per heavy atom. The van der Waals surface area contributed by atoms with Gasteiger partial charge in [0.05, 0.1) is 11.3 Å². The van der Waals surface area contributed by atoms with E-state index < -0.39 is 40.6 Å². The van der Waals surface area contributed by atoms with Gasteiger partial charge >= 0.3 is 6.18 Å². The molecule has 4 rings (SSSR count). The van der Waals surface area contributed by atoms with Crippen molar-refractivity contribution >= 4 is 17.6 Å². The molecule has 1 spiro atoms. The van der Waals surface area contributed by atoms with Gasteiger partial charge in [0.1, 0.15) is 17.2 Å². The van der Waals surface area contributed by atoms with Crippen molar-refractivity contribution in [3.05, 3.63) is 53.3 Å². The van der Waals surface area contributed by atoms with E-state index in [1.54, 1.807) is 0 Å². The second-order valence-corrected chi connectivity index (χ2v) is 7.80. The van der Waals surface area contributed by atoms with Crippen molar-refractivity contribution in [2.45, 2.75) is 43.9 Å². The van der Waals surface area contributed by atoms with Gasteiger partial charge in [-0.25, -0.2) is 18.2 Å². The molecule has 2 aliphatic rings. The lowest BCUT2D eigenvalue weighted by Crippen LogP contribution is -2.58. The van der Waals surface area contributed by atoms with E-state index in [1.165, 1.54) is 4.90 Å². The van der Waals surface area contributed by atoms with E-state index in [2.05, 4.69) is 9.98 Å². The summed E-state index contributed by atoms with van der Waals surface area (Å²) in [6.07, 6.45) is -1.42. The fourth-order valence-electron chi connectivity index (χ4n) is 4.14. The third-order valence-electron chi connectivity index (χ3n) is 5.56. The minimum atomic E-state index is -4.94. The topological polar surface area (TPSA) is 89.2 Å². The van der Waals surface area contributed by atoms with Crippen LogP contribution in [0.1, 0.15) is 37.7 Å². The number of aliphatic imine (C=N–C) groups is 2. The van der Waals surface area contributed by atoms with Gasteiger partial charge in [0.25, 0.3) is 0 Å². The van der Waals surface area contributed by atoms with Gasteiger partial charge in [-0.15, -0.1) is 0 Å². The van der Waals surface area contributed by atoms with Gasteiger partial charge in [-0.05, 0) is 49.9 Å². The third-order valence-corrected chi connectivity index (χ3v) is 5.56. The normalized spacial score (nSPS) is 18.2. The van der Waals surface area contributed by atoms with Crippen molar-refractivity contribution in [1.29, 1.82) is 0 Å². The molecule has 1 heterocycles. The first-order valence-corrected chi connectivity index (χ1v) is 10.0. The predicted octanol–water partition coefficient (Wildman–Crippen LogP) is 5.02. The van der Waals surface area contributed by atoms with Gasteiger partial charge in [-0.3, -0.25) is 4.90 Å². The molecule has 0 radical (unpaired) electrons. The maximum absolute atomic E-state index is 14.9. The highest BCUT2D eigenvalue weighted by molar-refractivity contribution is 6.05. The Hall–Kier alpha value is -3.44. The predicted molar refractivity (Wildman–Crippen MR) is 109 cm³/mol. The molecule has 6 nitrogen and oxygen atoms in total. The van der Waals surface area contributed by atoms with Crippen LogP contribution in [0.5, 0.6) is 11.5 Å². The van der Waals surface area contributed by atoms with Crippen LogP contribution in [-0.2, 0) is 6.18 Å². The minimum absolute atomic E-state index is 0.0487. The van der Waals surface area contributed by atoms with Crippen molar-refractivity contribution < 1.29 is 31.1 Å². The lowest BCUT2D eigenvalue weighted by molar-refractivity contribution is -0.138. The maximum Gasteiger partial charge on any atom is 0.416 e. The minimum Gasteiger partial charge on any atom is -0.451 e. The second kappa shape index (κ2) is 8.16. The number of hydrogen-bond acceptors (Lipinski definition) is 6. The molecule has 2 aromatic rings. The van der Waals surface area contributed by atoms with Crippen molar-refractivity contribution in [2.24, 2.45) is 21.5 Å². The van der Waals surface area contributed by atoms with Crippen LogP contribution >= 0.6 is 0 Å². The summed E-state index contributed by atoms with van der Waals surface area (Å²) in [6, 6.07) is 3.43. The second-order valence-electron chi connectivity index (χ2n) is 7.80. The fourth-order valence-corrected chi connectivity index (χ4v) is 4.14. The van der Waals surface area contributed by atoms with E-state index in [4.69, 9.17) is 16.2 Å². The number of alkyl halides is 3. The van der Waals surface area contributed by atoms with Crippen LogP contribution in [0.15, 0.2) is 40.3 Å². The molecule has 0 aromatic heterocycles. The number of rotatable bonds is 3. The number of nitrogens with zero attached hydrogens (tertiary/aromatic N) is 3. The Bertz CT molecular complexity index is 1120. The fraction of sp³-hybridized carbons (Fsp3) is 0.333. The first-order valence-electron chi connectivity index (χ1n) is 10.0. The summed E-state index contributed by atoms with van der Waals surface area (Å²) >= 11 is 0. The van der Waals surface area contributed by atoms with E-state index in [0.29, 0.717) is 12.8 Å². The van der Waals surface area contributed by atoms with Gasteiger partial charge in [0, 0.05) is 6.07 Å². The summed E-state index contributed by atoms with van der Waals surface area (Å²) in [6.45, 7) is 0. The van der Waals surface area contributed by atoms with Crippen LogP contribution in [0.2, 0.25) is 0 Å². The van der Waals surface area contributed by atoms with E-state index in [0.717, 1.165) is 37.5 Å².